The van der Waals surface area contributed by atoms with Gasteiger partial charge in [-0.2, -0.15) is 0 Å². The highest BCUT2D eigenvalue weighted by Gasteiger charge is 2.18. The summed E-state index contributed by atoms with van der Waals surface area (Å²) in [5, 5.41) is 20.1. The minimum absolute atomic E-state index is 0.0193. The van der Waals surface area contributed by atoms with Crippen molar-refractivity contribution in [2.24, 2.45) is 0 Å². The fourth-order valence-corrected chi connectivity index (χ4v) is 1.99. The van der Waals surface area contributed by atoms with Gasteiger partial charge < -0.3 is 14.5 Å². The number of aldehydes is 1. The zero-order valence-corrected chi connectivity index (χ0v) is 11.4. The number of hydrogen-bond donors (Lipinski definition) is 1. The van der Waals surface area contributed by atoms with E-state index in [9.17, 15) is 19.7 Å². The molecule has 0 saturated heterocycles. The van der Waals surface area contributed by atoms with E-state index in [0.717, 1.165) is 0 Å². The highest BCUT2D eigenvalue weighted by atomic mass is 16.6. The maximum Gasteiger partial charge on any atom is 0.335 e. The monoisotopic (exact) mass is 300 g/mol. The molecule has 2 rings (SSSR count). The number of aromatic carboxylic acids is 1. The number of rotatable bonds is 6. The number of aromatic nitrogens is 1. The van der Waals surface area contributed by atoms with Crippen LogP contribution in [0.15, 0.2) is 42.6 Å². The van der Waals surface area contributed by atoms with Crippen molar-refractivity contribution in [3.8, 4) is 0 Å². The van der Waals surface area contributed by atoms with E-state index in [-0.39, 0.29) is 17.8 Å². The number of carbonyl (C=O) groups excluding carboxylic acids is 1. The van der Waals surface area contributed by atoms with Crippen molar-refractivity contribution >= 4 is 24.0 Å². The summed E-state index contributed by atoms with van der Waals surface area (Å²) in [6.45, 7) is 0.0193. The smallest absolute Gasteiger partial charge is 0.335 e. The third-order valence-electron chi connectivity index (χ3n) is 3.02. The van der Waals surface area contributed by atoms with E-state index in [2.05, 4.69) is 0 Å². The second kappa shape index (κ2) is 6.49. The molecule has 0 aliphatic rings. The average molecular weight is 300 g/mol. The highest BCUT2D eigenvalue weighted by Crippen LogP contribution is 2.20. The van der Waals surface area contributed by atoms with Crippen molar-refractivity contribution in [1.82, 2.24) is 4.57 Å². The molecule has 112 valence electrons. The Hall–Kier alpha value is -3.22. The van der Waals surface area contributed by atoms with Crippen molar-refractivity contribution in [3.05, 3.63) is 69.5 Å². The first-order chi connectivity index (χ1) is 10.5. The Kier molecular flexibility index (Phi) is 4.47. The Morgan fingerprint density at radius 2 is 1.95 bits per heavy atom. The summed E-state index contributed by atoms with van der Waals surface area (Å²) < 4.78 is 1.47. The molecule has 0 saturated carbocycles. The standard InChI is InChI=1S/C15H12N2O5/c18-9-8-16-7-1-2-13(16)14(17(21)22)10-11-3-5-12(6-4-11)15(19)20/h1-7,9-10H,8H2,(H,19,20). The van der Waals surface area contributed by atoms with E-state index in [1.807, 2.05) is 0 Å². The number of hydrogen-bond acceptors (Lipinski definition) is 4. The van der Waals surface area contributed by atoms with Gasteiger partial charge in [0.1, 0.15) is 12.0 Å². The van der Waals surface area contributed by atoms with Gasteiger partial charge in [-0.3, -0.25) is 10.1 Å². The third kappa shape index (κ3) is 3.26. The van der Waals surface area contributed by atoms with Gasteiger partial charge in [0.2, 0.25) is 0 Å². The highest BCUT2D eigenvalue weighted by molar-refractivity contribution is 5.88. The van der Waals surface area contributed by atoms with Crippen LogP contribution in [0.2, 0.25) is 0 Å². The first-order valence-electron chi connectivity index (χ1n) is 6.31. The van der Waals surface area contributed by atoms with Crippen LogP contribution in [-0.4, -0.2) is 26.9 Å². The van der Waals surface area contributed by atoms with Gasteiger partial charge in [0.25, 0.3) is 5.70 Å². The van der Waals surface area contributed by atoms with Crippen LogP contribution in [0.1, 0.15) is 21.6 Å². The number of nitro groups is 1. The minimum Gasteiger partial charge on any atom is -0.478 e. The minimum atomic E-state index is -1.06. The molecular formula is C15H12N2O5. The normalized spacial score (nSPS) is 11.2. The lowest BCUT2D eigenvalue weighted by Crippen LogP contribution is -2.07. The second-order valence-electron chi connectivity index (χ2n) is 4.43. The molecular weight excluding hydrogens is 288 g/mol. The molecule has 0 amide bonds. The summed E-state index contributed by atoms with van der Waals surface area (Å²) in [4.78, 5) is 32.1. The summed E-state index contributed by atoms with van der Waals surface area (Å²) in [5.41, 5.74) is 0.731. The van der Waals surface area contributed by atoms with Crippen LogP contribution >= 0.6 is 0 Å². The van der Waals surface area contributed by atoms with Crippen LogP contribution in [0, 0.1) is 10.1 Å². The fraction of sp³-hybridized carbons (Fsp3) is 0.0667. The predicted octanol–water partition coefficient (Wildman–Crippen LogP) is 2.16. The molecule has 0 atom stereocenters. The van der Waals surface area contributed by atoms with Gasteiger partial charge in [-0.05, 0) is 29.8 Å². The zero-order chi connectivity index (χ0) is 16.1. The maximum absolute atomic E-state index is 11.3. The van der Waals surface area contributed by atoms with E-state index in [4.69, 9.17) is 5.11 Å². The van der Waals surface area contributed by atoms with Crippen LogP contribution < -0.4 is 0 Å². The van der Waals surface area contributed by atoms with Gasteiger partial charge in [-0.25, -0.2) is 4.79 Å². The van der Waals surface area contributed by atoms with Gasteiger partial charge in [-0.15, -0.1) is 0 Å². The lowest BCUT2D eigenvalue weighted by Gasteiger charge is -2.04. The van der Waals surface area contributed by atoms with E-state index in [0.29, 0.717) is 17.5 Å². The lowest BCUT2D eigenvalue weighted by atomic mass is 10.1. The van der Waals surface area contributed by atoms with Crippen molar-refractivity contribution in [2.45, 2.75) is 6.54 Å². The number of carboxylic acid groups (broad SMARTS) is 1. The van der Waals surface area contributed by atoms with Crippen LogP contribution in [0.5, 0.6) is 0 Å². The maximum atomic E-state index is 11.3. The molecule has 0 aliphatic heterocycles. The molecule has 1 aromatic heterocycles. The van der Waals surface area contributed by atoms with E-state index in [1.165, 1.54) is 34.9 Å². The van der Waals surface area contributed by atoms with Gasteiger partial charge in [0.15, 0.2) is 0 Å². The van der Waals surface area contributed by atoms with Gasteiger partial charge in [-0.1, -0.05) is 12.1 Å². The Labute approximate surface area is 125 Å². The molecule has 7 heteroatoms. The van der Waals surface area contributed by atoms with Crippen LogP contribution in [0.3, 0.4) is 0 Å². The molecule has 2 aromatic rings. The SMILES string of the molecule is O=CCn1cccc1C(=Cc1ccc(C(=O)O)cc1)[N+](=O)[O-]. The average Bonchev–Trinajstić information content (AvgIpc) is 2.93. The molecule has 0 unspecified atom stereocenters. The number of carboxylic acids is 1. The molecule has 0 spiro atoms. The lowest BCUT2D eigenvalue weighted by molar-refractivity contribution is -0.374. The first kappa shape index (κ1) is 15.2. The van der Waals surface area contributed by atoms with Crippen molar-refractivity contribution in [2.75, 3.05) is 0 Å². The van der Waals surface area contributed by atoms with Crippen LogP contribution in [0.4, 0.5) is 0 Å². The van der Waals surface area contributed by atoms with E-state index in [1.54, 1.807) is 18.3 Å². The summed E-state index contributed by atoms with van der Waals surface area (Å²) in [5.74, 6) is -1.06. The Balaban J connectivity index is 2.43. The fourth-order valence-electron chi connectivity index (χ4n) is 1.99. The molecule has 1 heterocycles. The van der Waals surface area contributed by atoms with Gasteiger partial charge in [0, 0.05) is 12.3 Å². The molecule has 22 heavy (non-hydrogen) atoms. The topological polar surface area (TPSA) is 102 Å². The summed E-state index contributed by atoms with van der Waals surface area (Å²) in [7, 11) is 0. The third-order valence-corrected chi connectivity index (χ3v) is 3.02. The second-order valence-corrected chi connectivity index (χ2v) is 4.43. The number of benzene rings is 1. The molecule has 7 nitrogen and oxygen atoms in total. The van der Waals surface area contributed by atoms with Gasteiger partial charge >= 0.3 is 5.97 Å². The summed E-state index contributed by atoms with van der Waals surface area (Å²) in [6.07, 6.45) is 3.57. The predicted molar refractivity (Wildman–Crippen MR) is 78.8 cm³/mol. The van der Waals surface area contributed by atoms with Crippen molar-refractivity contribution < 1.29 is 19.6 Å². The molecule has 0 bridgehead atoms. The Morgan fingerprint density at radius 3 is 2.50 bits per heavy atom. The molecule has 0 radical (unpaired) electrons. The summed E-state index contributed by atoms with van der Waals surface area (Å²) >= 11 is 0. The van der Waals surface area contributed by atoms with Crippen molar-refractivity contribution in [1.29, 1.82) is 0 Å². The number of nitrogens with zero attached hydrogens (tertiary/aromatic N) is 2. The first-order valence-corrected chi connectivity index (χ1v) is 6.31. The van der Waals surface area contributed by atoms with Crippen LogP contribution in [0.25, 0.3) is 11.8 Å². The largest absolute Gasteiger partial charge is 0.478 e. The van der Waals surface area contributed by atoms with Crippen LogP contribution in [-0.2, 0) is 11.3 Å². The number of carbonyl (C=O) groups is 2. The quantitative estimate of drug-likeness (QED) is 0.500. The Bertz CT molecular complexity index is 744. The van der Waals surface area contributed by atoms with E-state index >= 15 is 0 Å². The van der Waals surface area contributed by atoms with E-state index < -0.39 is 10.9 Å². The zero-order valence-electron chi connectivity index (χ0n) is 11.4. The molecule has 0 aliphatic carbocycles. The molecule has 1 N–H and O–H groups in total. The summed E-state index contributed by atoms with van der Waals surface area (Å²) in [6, 6.07) is 8.87. The molecule has 0 fully saturated rings. The van der Waals surface area contributed by atoms with Crippen molar-refractivity contribution in [3.63, 3.8) is 0 Å². The molecule has 1 aromatic carbocycles. The Morgan fingerprint density at radius 1 is 1.27 bits per heavy atom. The van der Waals surface area contributed by atoms with Gasteiger partial charge in [0.05, 0.1) is 17.0 Å².